The maximum Gasteiger partial charge on any atom is 0.216 e. The number of hydrogen-bond donors (Lipinski definition) is 0. The average molecular weight is 273 g/mol. The van der Waals surface area contributed by atoms with Crippen LogP contribution in [0.1, 0.15) is 26.0 Å². The number of ether oxygens (including phenoxy) is 1. The lowest BCUT2D eigenvalue weighted by atomic mass is 10.1. The fraction of sp³-hybridized carbons (Fsp3) is 0.636. The molecule has 1 rings (SSSR count). The van der Waals surface area contributed by atoms with E-state index in [-0.39, 0.29) is 0 Å². The molecule has 1 aromatic heterocycles. The molecule has 1 atom stereocenters. The Hall–Kier alpha value is -0.640. The van der Waals surface area contributed by atoms with Gasteiger partial charge in [-0.05, 0) is 12.3 Å². The maximum absolute atomic E-state index is 5.05. The molecule has 0 aromatic carbocycles. The Morgan fingerprint density at radius 2 is 2.13 bits per heavy atom. The highest BCUT2D eigenvalue weighted by Gasteiger charge is 2.09. The van der Waals surface area contributed by atoms with Crippen LogP contribution in [0, 0.1) is 5.92 Å². The van der Waals surface area contributed by atoms with Crippen molar-refractivity contribution < 1.29 is 4.74 Å². The van der Waals surface area contributed by atoms with E-state index in [1.54, 1.807) is 13.4 Å². The fourth-order valence-corrected chi connectivity index (χ4v) is 2.50. The largest absolute Gasteiger partial charge is 0.481 e. The van der Waals surface area contributed by atoms with Crippen molar-refractivity contribution in [1.82, 2.24) is 9.97 Å². The van der Waals surface area contributed by atoms with Gasteiger partial charge >= 0.3 is 0 Å². The Bertz CT molecular complexity index is 304. The van der Waals surface area contributed by atoms with Gasteiger partial charge in [0, 0.05) is 23.0 Å². The van der Waals surface area contributed by atoms with Gasteiger partial charge in [-0.25, -0.2) is 9.97 Å². The van der Waals surface area contributed by atoms with E-state index in [0.29, 0.717) is 16.6 Å². The van der Waals surface area contributed by atoms with Gasteiger partial charge < -0.3 is 4.74 Å². The van der Waals surface area contributed by atoms with Gasteiger partial charge in [0.25, 0.3) is 0 Å². The molecule has 0 aliphatic carbocycles. The van der Waals surface area contributed by atoms with Crippen LogP contribution in [0.2, 0.25) is 0 Å². The van der Waals surface area contributed by atoms with Crippen LogP contribution in [0.4, 0.5) is 0 Å². The van der Waals surface area contributed by atoms with Gasteiger partial charge in [0.05, 0.1) is 7.11 Å². The van der Waals surface area contributed by atoms with Crippen LogP contribution in [0.3, 0.4) is 0 Å². The van der Waals surface area contributed by atoms with Crippen LogP contribution in [0.15, 0.2) is 12.4 Å². The van der Waals surface area contributed by atoms with E-state index in [9.17, 15) is 0 Å². The van der Waals surface area contributed by atoms with E-state index >= 15 is 0 Å². The summed E-state index contributed by atoms with van der Waals surface area (Å²) in [6.45, 7) is 4.43. The second kappa shape index (κ2) is 6.05. The highest BCUT2D eigenvalue weighted by Crippen LogP contribution is 2.18. The van der Waals surface area contributed by atoms with Crippen molar-refractivity contribution in [2.24, 2.45) is 5.92 Å². The lowest BCUT2D eigenvalue weighted by molar-refractivity contribution is 0.395. The molecule has 1 unspecified atom stereocenters. The molecule has 3 nitrogen and oxygen atoms in total. The van der Waals surface area contributed by atoms with E-state index < -0.39 is 0 Å². The smallest absolute Gasteiger partial charge is 0.216 e. The van der Waals surface area contributed by atoms with Gasteiger partial charge in [0.1, 0.15) is 6.33 Å². The zero-order valence-corrected chi connectivity index (χ0v) is 11.0. The van der Waals surface area contributed by atoms with Crippen LogP contribution in [-0.4, -0.2) is 21.9 Å². The summed E-state index contributed by atoms with van der Waals surface area (Å²) in [4.78, 5) is 8.66. The first-order valence-electron chi connectivity index (χ1n) is 5.10. The molecule has 0 saturated heterocycles. The molecular formula is C11H17BrN2O. The molecule has 4 heteroatoms. The maximum atomic E-state index is 5.05. The summed E-state index contributed by atoms with van der Waals surface area (Å²) in [5, 5.41) is 0. The summed E-state index contributed by atoms with van der Waals surface area (Å²) >= 11 is 3.66. The number of alkyl halides is 1. The number of rotatable bonds is 5. The number of methoxy groups -OCH3 is 1. The standard InChI is InChI=1S/C11H17BrN2O/c1-8(2)4-9(12)5-10-6-11(15-3)14-7-13-10/h6-9H,4-5H2,1-3H3. The monoisotopic (exact) mass is 272 g/mol. The third kappa shape index (κ3) is 4.60. The SMILES string of the molecule is COc1cc(CC(Br)CC(C)C)ncn1. The normalized spacial score (nSPS) is 12.9. The van der Waals surface area contributed by atoms with Gasteiger partial charge in [0.15, 0.2) is 0 Å². The van der Waals surface area contributed by atoms with E-state index in [2.05, 4.69) is 39.7 Å². The Kier molecular flexibility index (Phi) is 5.02. The molecule has 0 amide bonds. The van der Waals surface area contributed by atoms with Crippen LogP contribution in [-0.2, 0) is 6.42 Å². The van der Waals surface area contributed by atoms with E-state index in [1.807, 2.05) is 6.07 Å². The number of aromatic nitrogens is 2. The van der Waals surface area contributed by atoms with E-state index in [1.165, 1.54) is 0 Å². The predicted molar refractivity (Wildman–Crippen MR) is 64.5 cm³/mol. The van der Waals surface area contributed by atoms with Gasteiger partial charge in [-0.15, -0.1) is 0 Å². The summed E-state index contributed by atoms with van der Waals surface area (Å²) in [6.07, 6.45) is 3.60. The lowest BCUT2D eigenvalue weighted by Gasteiger charge is -2.11. The molecule has 0 spiro atoms. The fourth-order valence-electron chi connectivity index (χ4n) is 1.42. The summed E-state index contributed by atoms with van der Waals surface area (Å²) in [5.41, 5.74) is 1.02. The van der Waals surface area contributed by atoms with E-state index in [4.69, 9.17) is 4.74 Å². The third-order valence-electron chi connectivity index (χ3n) is 2.07. The Labute approximate surface area is 99.4 Å². The molecular weight excluding hydrogens is 256 g/mol. The minimum absolute atomic E-state index is 0.470. The van der Waals surface area contributed by atoms with Crippen molar-refractivity contribution in [3.8, 4) is 5.88 Å². The Morgan fingerprint density at radius 1 is 1.40 bits per heavy atom. The molecule has 1 aromatic rings. The molecule has 0 aliphatic heterocycles. The van der Waals surface area contributed by atoms with Crippen molar-refractivity contribution in [3.63, 3.8) is 0 Å². The van der Waals surface area contributed by atoms with Crippen LogP contribution in [0.25, 0.3) is 0 Å². The van der Waals surface area contributed by atoms with Crippen LogP contribution < -0.4 is 4.74 Å². The minimum Gasteiger partial charge on any atom is -0.481 e. The van der Waals surface area contributed by atoms with Crippen molar-refractivity contribution in [3.05, 3.63) is 18.1 Å². The lowest BCUT2D eigenvalue weighted by Crippen LogP contribution is -2.08. The first-order valence-corrected chi connectivity index (χ1v) is 6.02. The topological polar surface area (TPSA) is 35.0 Å². The quantitative estimate of drug-likeness (QED) is 0.774. The number of halogens is 1. The van der Waals surface area contributed by atoms with Gasteiger partial charge in [-0.1, -0.05) is 29.8 Å². The van der Waals surface area contributed by atoms with Crippen molar-refractivity contribution >= 4 is 15.9 Å². The first kappa shape index (κ1) is 12.4. The van der Waals surface area contributed by atoms with Crippen molar-refractivity contribution in [2.45, 2.75) is 31.5 Å². The summed E-state index contributed by atoms with van der Waals surface area (Å²) in [6, 6.07) is 1.88. The Morgan fingerprint density at radius 3 is 2.73 bits per heavy atom. The van der Waals surface area contributed by atoms with E-state index in [0.717, 1.165) is 18.5 Å². The highest BCUT2D eigenvalue weighted by molar-refractivity contribution is 9.09. The number of nitrogens with zero attached hydrogens (tertiary/aromatic N) is 2. The molecule has 0 fully saturated rings. The van der Waals surface area contributed by atoms with Crippen LogP contribution >= 0.6 is 15.9 Å². The summed E-state index contributed by atoms with van der Waals surface area (Å²) in [7, 11) is 1.62. The van der Waals surface area contributed by atoms with Gasteiger partial charge in [-0.3, -0.25) is 0 Å². The molecule has 15 heavy (non-hydrogen) atoms. The second-order valence-electron chi connectivity index (χ2n) is 3.98. The summed E-state index contributed by atoms with van der Waals surface area (Å²) < 4.78 is 5.05. The summed E-state index contributed by atoms with van der Waals surface area (Å²) in [5.74, 6) is 1.32. The number of hydrogen-bond acceptors (Lipinski definition) is 3. The molecule has 0 N–H and O–H groups in total. The molecule has 0 radical (unpaired) electrons. The highest BCUT2D eigenvalue weighted by atomic mass is 79.9. The molecule has 1 heterocycles. The van der Waals surface area contributed by atoms with Crippen LogP contribution in [0.5, 0.6) is 5.88 Å². The molecule has 84 valence electrons. The van der Waals surface area contributed by atoms with Crippen molar-refractivity contribution in [1.29, 1.82) is 0 Å². The molecule has 0 bridgehead atoms. The molecule has 0 saturated carbocycles. The van der Waals surface area contributed by atoms with Gasteiger partial charge in [-0.2, -0.15) is 0 Å². The average Bonchev–Trinajstić information content (AvgIpc) is 2.16. The molecule has 0 aliphatic rings. The predicted octanol–water partition coefficient (Wildman–Crippen LogP) is 2.84. The Balaban J connectivity index is 2.55. The third-order valence-corrected chi connectivity index (χ3v) is 2.76. The zero-order chi connectivity index (χ0) is 11.3. The van der Waals surface area contributed by atoms with Crippen molar-refractivity contribution in [2.75, 3.05) is 7.11 Å². The van der Waals surface area contributed by atoms with Gasteiger partial charge in [0.2, 0.25) is 5.88 Å². The minimum atomic E-state index is 0.470. The first-order chi connectivity index (χ1) is 7.11. The zero-order valence-electron chi connectivity index (χ0n) is 9.40. The second-order valence-corrected chi connectivity index (χ2v) is 5.28.